The number of amides is 1. The lowest BCUT2D eigenvalue weighted by molar-refractivity contribution is -0.123. The Balaban J connectivity index is 1.56. The van der Waals surface area contributed by atoms with Crippen molar-refractivity contribution in [3.8, 4) is 0 Å². The van der Waals surface area contributed by atoms with Gasteiger partial charge in [0.2, 0.25) is 5.91 Å². The number of aromatic nitrogens is 2. The maximum atomic E-state index is 12.5. The van der Waals surface area contributed by atoms with Gasteiger partial charge in [-0.2, -0.15) is 5.10 Å². The van der Waals surface area contributed by atoms with Gasteiger partial charge in [-0.05, 0) is 24.5 Å². The summed E-state index contributed by atoms with van der Waals surface area (Å²) >= 11 is 0. The normalized spacial score (nSPS) is 15.4. The number of carbonyl (C=O) groups is 1. The Morgan fingerprint density at radius 3 is 2.74 bits per heavy atom. The fourth-order valence-electron chi connectivity index (χ4n) is 3.82. The predicted molar refractivity (Wildman–Crippen MR) is 105 cm³/mol. The molecule has 0 spiro atoms. The second kappa shape index (κ2) is 8.67. The van der Waals surface area contributed by atoms with Crippen LogP contribution in [0.5, 0.6) is 0 Å². The molecule has 2 N–H and O–H groups in total. The smallest absolute Gasteiger partial charge is 0.234 e. The van der Waals surface area contributed by atoms with Crippen LogP contribution in [0.3, 0.4) is 0 Å². The second-order valence-corrected chi connectivity index (χ2v) is 7.40. The second-order valence-electron chi connectivity index (χ2n) is 7.40. The first-order chi connectivity index (χ1) is 13.0. The molecule has 1 atom stereocenters. The van der Waals surface area contributed by atoms with E-state index < -0.39 is 0 Å². The first-order valence-corrected chi connectivity index (χ1v) is 9.76. The fourth-order valence-corrected chi connectivity index (χ4v) is 3.82. The molecule has 3 rings (SSSR count). The van der Waals surface area contributed by atoms with Crippen LogP contribution < -0.4 is 5.32 Å². The predicted octanol–water partition coefficient (Wildman–Crippen LogP) is 2.10. The van der Waals surface area contributed by atoms with Gasteiger partial charge >= 0.3 is 0 Å². The molecule has 0 radical (unpaired) electrons. The lowest BCUT2D eigenvalue weighted by Crippen LogP contribution is -2.40. The lowest BCUT2D eigenvalue weighted by Gasteiger charge is -2.27. The zero-order chi connectivity index (χ0) is 19.4. The first-order valence-electron chi connectivity index (χ1n) is 9.76. The molecule has 1 aromatic heterocycles. The lowest BCUT2D eigenvalue weighted by atomic mass is 10.0. The molecule has 146 valence electrons. The van der Waals surface area contributed by atoms with Crippen LogP contribution in [0, 0.1) is 0 Å². The van der Waals surface area contributed by atoms with Crippen LogP contribution in [0.1, 0.15) is 54.4 Å². The highest BCUT2D eigenvalue weighted by Gasteiger charge is 2.25. The van der Waals surface area contributed by atoms with Gasteiger partial charge in [0.15, 0.2) is 0 Å². The van der Waals surface area contributed by atoms with E-state index in [9.17, 15) is 9.90 Å². The van der Waals surface area contributed by atoms with Crippen molar-refractivity contribution >= 4 is 5.91 Å². The Bertz CT molecular complexity index is 782. The standard InChI is InChI=1S/C21H30N4O2/c1-4-5-16-6-8-17(9-7-16)15(2)22-21(27)13-25-11-10-20-18(12-25)19(14-26)23-24(20)3/h6-9,15,26H,4-5,10-14H2,1-3H3,(H,22,27)/t15-/m1/s1. The van der Waals surface area contributed by atoms with Crippen LogP contribution in [-0.2, 0) is 37.8 Å². The van der Waals surface area contributed by atoms with Crippen molar-refractivity contribution in [1.29, 1.82) is 0 Å². The quantitative estimate of drug-likeness (QED) is 0.783. The maximum Gasteiger partial charge on any atom is 0.234 e. The van der Waals surface area contributed by atoms with Gasteiger partial charge in [-0.15, -0.1) is 0 Å². The molecule has 1 aliphatic rings. The molecular weight excluding hydrogens is 340 g/mol. The van der Waals surface area contributed by atoms with E-state index in [4.69, 9.17) is 0 Å². The highest BCUT2D eigenvalue weighted by atomic mass is 16.3. The van der Waals surface area contributed by atoms with Crippen molar-refractivity contribution in [2.24, 2.45) is 7.05 Å². The van der Waals surface area contributed by atoms with Crippen LogP contribution in [0.15, 0.2) is 24.3 Å². The number of hydrogen-bond donors (Lipinski definition) is 2. The van der Waals surface area contributed by atoms with Gasteiger partial charge < -0.3 is 10.4 Å². The number of aryl methyl sites for hydroxylation is 2. The van der Waals surface area contributed by atoms with Crippen LogP contribution in [0.25, 0.3) is 0 Å². The summed E-state index contributed by atoms with van der Waals surface area (Å²) in [6.45, 7) is 5.98. The summed E-state index contributed by atoms with van der Waals surface area (Å²) < 4.78 is 1.85. The van der Waals surface area contributed by atoms with Crippen molar-refractivity contribution in [3.05, 3.63) is 52.3 Å². The number of rotatable bonds is 7. The molecule has 1 amide bonds. The third-order valence-electron chi connectivity index (χ3n) is 5.32. The Labute approximate surface area is 161 Å². The van der Waals surface area contributed by atoms with Crippen molar-refractivity contribution in [2.75, 3.05) is 13.1 Å². The Hall–Kier alpha value is -2.18. The summed E-state index contributed by atoms with van der Waals surface area (Å²) in [7, 11) is 1.91. The molecule has 1 aliphatic heterocycles. The minimum atomic E-state index is -0.0612. The Morgan fingerprint density at radius 1 is 1.33 bits per heavy atom. The van der Waals surface area contributed by atoms with Gasteiger partial charge in [-0.1, -0.05) is 37.6 Å². The largest absolute Gasteiger partial charge is 0.390 e. The van der Waals surface area contributed by atoms with Gasteiger partial charge in [0.05, 0.1) is 24.9 Å². The highest BCUT2D eigenvalue weighted by molar-refractivity contribution is 5.78. The molecular formula is C21H30N4O2. The molecule has 27 heavy (non-hydrogen) atoms. The number of nitrogens with one attached hydrogen (secondary N) is 1. The summed E-state index contributed by atoms with van der Waals surface area (Å²) in [5, 5.41) is 17.0. The van der Waals surface area contributed by atoms with Crippen molar-refractivity contribution in [2.45, 2.75) is 52.3 Å². The first kappa shape index (κ1) is 19.6. The van der Waals surface area contributed by atoms with Crippen LogP contribution in [0.4, 0.5) is 0 Å². The van der Waals surface area contributed by atoms with Gasteiger partial charge in [0.1, 0.15) is 0 Å². The van der Waals surface area contributed by atoms with E-state index in [-0.39, 0.29) is 18.6 Å². The van der Waals surface area contributed by atoms with Crippen molar-refractivity contribution in [3.63, 3.8) is 0 Å². The molecule has 0 saturated heterocycles. The molecule has 0 saturated carbocycles. The van der Waals surface area contributed by atoms with E-state index in [1.54, 1.807) is 0 Å². The number of benzene rings is 1. The zero-order valence-corrected chi connectivity index (χ0v) is 16.5. The number of aliphatic hydroxyl groups excluding tert-OH is 1. The molecule has 0 unspecified atom stereocenters. The molecule has 0 bridgehead atoms. The SMILES string of the molecule is CCCc1ccc([C@@H](C)NC(=O)CN2CCc3c(c(CO)nn3C)C2)cc1. The third kappa shape index (κ3) is 4.57. The molecule has 0 aliphatic carbocycles. The van der Waals surface area contributed by atoms with Gasteiger partial charge in [0, 0.05) is 37.8 Å². The third-order valence-corrected chi connectivity index (χ3v) is 5.32. The molecule has 1 aromatic carbocycles. The topological polar surface area (TPSA) is 70.4 Å². The van der Waals surface area contributed by atoms with Gasteiger partial charge in [-0.3, -0.25) is 14.4 Å². The van der Waals surface area contributed by atoms with E-state index in [0.717, 1.165) is 48.3 Å². The summed E-state index contributed by atoms with van der Waals surface area (Å²) in [5.74, 6) is 0.0259. The zero-order valence-electron chi connectivity index (χ0n) is 16.5. The molecule has 6 heteroatoms. The van der Waals surface area contributed by atoms with Crippen LogP contribution >= 0.6 is 0 Å². The number of aliphatic hydroxyl groups is 1. The summed E-state index contributed by atoms with van der Waals surface area (Å²) in [4.78, 5) is 14.6. The molecule has 0 fully saturated rings. The van der Waals surface area contributed by atoms with E-state index in [2.05, 4.69) is 46.5 Å². The van der Waals surface area contributed by atoms with Crippen LogP contribution in [-0.4, -0.2) is 38.8 Å². The Morgan fingerprint density at radius 2 is 2.07 bits per heavy atom. The van der Waals surface area contributed by atoms with E-state index in [1.165, 1.54) is 5.56 Å². The van der Waals surface area contributed by atoms with E-state index in [0.29, 0.717) is 13.1 Å². The van der Waals surface area contributed by atoms with E-state index in [1.807, 2.05) is 18.7 Å². The van der Waals surface area contributed by atoms with Gasteiger partial charge in [-0.25, -0.2) is 0 Å². The fraction of sp³-hybridized carbons (Fsp3) is 0.524. The van der Waals surface area contributed by atoms with Crippen LogP contribution in [0.2, 0.25) is 0 Å². The van der Waals surface area contributed by atoms with Crippen molar-refractivity contribution < 1.29 is 9.90 Å². The monoisotopic (exact) mass is 370 g/mol. The summed E-state index contributed by atoms with van der Waals surface area (Å²) in [6.07, 6.45) is 3.07. The minimum absolute atomic E-state index is 0.0140. The number of hydrogen-bond acceptors (Lipinski definition) is 4. The number of fused-ring (bicyclic) bond motifs is 1. The minimum Gasteiger partial charge on any atom is -0.390 e. The average Bonchev–Trinajstić information content (AvgIpc) is 2.98. The average molecular weight is 370 g/mol. The summed E-state index contributed by atoms with van der Waals surface area (Å²) in [5.41, 5.74) is 5.41. The molecule has 2 heterocycles. The van der Waals surface area contributed by atoms with Crippen molar-refractivity contribution in [1.82, 2.24) is 20.0 Å². The number of carbonyl (C=O) groups excluding carboxylic acids is 1. The maximum absolute atomic E-state index is 12.5. The van der Waals surface area contributed by atoms with E-state index >= 15 is 0 Å². The van der Waals surface area contributed by atoms with Gasteiger partial charge in [0.25, 0.3) is 0 Å². The molecule has 2 aromatic rings. The highest BCUT2D eigenvalue weighted by Crippen LogP contribution is 2.22. The summed E-state index contributed by atoms with van der Waals surface area (Å²) in [6, 6.07) is 8.48. The number of nitrogens with zero attached hydrogens (tertiary/aromatic N) is 3. The Kier molecular flexibility index (Phi) is 6.29. The molecule has 6 nitrogen and oxygen atoms in total.